The lowest BCUT2D eigenvalue weighted by molar-refractivity contribution is -0.143. The first kappa shape index (κ1) is 23.7. The van der Waals surface area contributed by atoms with E-state index in [9.17, 15) is 9.90 Å². The number of carboxylic acid groups (broad SMARTS) is 1. The first-order valence-corrected chi connectivity index (χ1v) is 12.4. The van der Waals surface area contributed by atoms with Gasteiger partial charge in [0.05, 0.1) is 6.10 Å². The van der Waals surface area contributed by atoms with Crippen LogP contribution in [0.25, 0.3) is 0 Å². The summed E-state index contributed by atoms with van der Waals surface area (Å²) < 4.78 is 6.14. The zero-order valence-corrected chi connectivity index (χ0v) is 19.9. The molecule has 2 aliphatic heterocycles. The highest BCUT2D eigenvalue weighted by atomic mass is 16.5. The minimum atomic E-state index is -0.782. The molecule has 0 spiro atoms. The molecule has 0 bridgehead atoms. The van der Waals surface area contributed by atoms with Gasteiger partial charge in [0, 0.05) is 31.9 Å². The molecule has 6 heteroatoms. The summed E-state index contributed by atoms with van der Waals surface area (Å²) in [5.74, 6) is 0.571. The van der Waals surface area contributed by atoms with E-state index in [1.54, 1.807) is 0 Å². The van der Waals surface area contributed by atoms with Gasteiger partial charge >= 0.3 is 5.97 Å². The molecule has 0 radical (unpaired) electrons. The quantitative estimate of drug-likeness (QED) is 0.505. The zero-order valence-electron chi connectivity index (χ0n) is 19.9. The second-order valence-corrected chi connectivity index (χ2v) is 9.60. The number of nitrogens with one attached hydrogen (secondary N) is 1. The van der Waals surface area contributed by atoms with E-state index in [1.165, 1.54) is 12.0 Å². The van der Waals surface area contributed by atoms with Crippen molar-refractivity contribution in [1.82, 2.24) is 9.88 Å². The van der Waals surface area contributed by atoms with Crippen molar-refractivity contribution in [3.05, 3.63) is 58.8 Å². The fraction of sp³-hybridized carbons (Fsp3) is 0.556. The monoisotopic (exact) mass is 451 g/mol. The van der Waals surface area contributed by atoms with Gasteiger partial charge in [-0.1, -0.05) is 44.2 Å². The first-order valence-electron chi connectivity index (χ1n) is 12.4. The van der Waals surface area contributed by atoms with Crippen LogP contribution in [0.2, 0.25) is 0 Å². The third kappa shape index (κ3) is 5.92. The number of aryl methyl sites for hydroxylation is 2. The third-order valence-electron chi connectivity index (χ3n) is 6.82. The summed E-state index contributed by atoms with van der Waals surface area (Å²) in [4.78, 5) is 19.0. The van der Waals surface area contributed by atoms with Gasteiger partial charge in [0.2, 0.25) is 0 Å². The van der Waals surface area contributed by atoms with Crippen LogP contribution < -0.4 is 5.32 Å². The Kier molecular flexibility index (Phi) is 7.99. The Labute approximate surface area is 197 Å². The van der Waals surface area contributed by atoms with Crippen molar-refractivity contribution in [1.29, 1.82) is 0 Å². The highest BCUT2D eigenvalue weighted by molar-refractivity contribution is 5.76. The predicted octanol–water partition coefficient (Wildman–Crippen LogP) is 4.80. The molecule has 1 saturated heterocycles. The van der Waals surface area contributed by atoms with Crippen molar-refractivity contribution in [3.63, 3.8) is 0 Å². The van der Waals surface area contributed by atoms with E-state index in [0.717, 1.165) is 67.8 Å². The fourth-order valence-corrected chi connectivity index (χ4v) is 5.06. The minimum absolute atomic E-state index is 0.101. The van der Waals surface area contributed by atoms with Crippen LogP contribution in [0.15, 0.2) is 36.4 Å². The Bertz CT molecular complexity index is 946. The standard InChI is InChI=1S/C27H37N3O3/c1-19(2)23-10-3-4-11-24(23)25(27(31)32)30-16-14-22(18-30)33-17-6-5-9-21-13-12-20-8-7-15-28-26(20)29-21/h3-4,10-13,19,22,25H,5-9,14-18H2,1-2H3,(H,28,29)(H,31,32)/t22-,25+/m1/s1. The third-order valence-corrected chi connectivity index (χ3v) is 6.82. The molecule has 2 aliphatic rings. The van der Waals surface area contributed by atoms with Gasteiger partial charge in [-0.05, 0) is 67.2 Å². The Hall–Kier alpha value is -2.44. The molecule has 0 amide bonds. The summed E-state index contributed by atoms with van der Waals surface area (Å²) in [6.07, 6.45) is 6.27. The number of anilines is 1. The lowest BCUT2D eigenvalue weighted by Gasteiger charge is -2.27. The molecule has 0 unspecified atom stereocenters. The number of ether oxygens (including phenoxy) is 1. The number of benzene rings is 1. The summed E-state index contributed by atoms with van der Waals surface area (Å²) in [6.45, 7) is 7.37. The SMILES string of the molecule is CC(C)c1ccccc1[C@@H](C(=O)O)N1CC[C@@H](OCCCCc2ccc3c(n2)NCCC3)C1. The van der Waals surface area contributed by atoms with Crippen LogP contribution in [0.5, 0.6) is 0 Å². The number of hydrogen-bond donors (Lipinski definition) is 2. The largest absolute Gasteiger partial charge is 0.480 e. The van der Waals surface area contributed by atoms with Crippen molar-refractivity contribution >= 4 is 11.8 Å². The van der Waals surface area contributed by atoms with Gasteiger partial charge < -0.3 is 15.2 Å². The van der Waals surface area contributed by atoms with E-state index in [0.29, 0.717) is 13.2 Å². The van der Waals surface area contributed by atoms with Gasteiger partial charge in [-0.15, -0.1) is 0 Å². The average molecular weight is 452 g/mol. The molecule has 2 N–H and O–H groups in total. The van der Waals surface area contributed by atoms with Crippen LogP contribution in [0.4, 0.5) is 5.82 Å². The Morgan fingerprint density at radius 1 is 1.21 bits per heavy atom. The lowest BCUT2D eigenvalue weighted by atomic mass is 9.92. The average Bonchev–Trinajstić information content (AvgIpc) is 3.27. The molecule has 2 atom stereocenters. The number of aliphatic carboxylic acids is 1. The van der Waals surface area contributed by atoms with Crippen LogP contribution in [0.1, 0.15) is 73.9 Å². The first-order chi connectivity index (χ1) is 16.0. The Morgan fingerprint density at radius 3 is 2.82 bits per heavy atom. The topological polar surface area (TPSA) is 74.7 Å². The second-order valence-electron chi connectivity index (χ2n) is 9.60. The molecule has 2 aromatic rings. The molecular formula is C27H37N3O3. The molecule has 0 saturated carbocycles. The maximum absolute atomic E-state index is 12.2. The molecule has 178 valence electrons. The molecule has 1 aromatic carbocycles. The summed E-state index contributed by atoms with van der Waals surface area (Å²) in [7, 11) is 0. The van der Waals surface area contributed by atoms with Crippen LogP contribution in [0, 0.1) is 0 Å². The zero-order chi connectivity index (χ0) is 23.2. The molecule has 0 aliphatic carbocycles. The Morgan fingerprint density at radius 2 is 2.03 bits per heavy atom. The number of unbranched alkanes of at least 4 members (excludes halogenated alkanes) is 1. The van der Waals surface area contributed by atoms with Crippen molar-refractivity contribution in [2.45, 2.75) is 70.4 Å². The number of likely N-dealkylation sites (tertiary alicyclic amines) is 1. The number of rotatable bonds is 10. The van der Waals surface area contributed by atoms with Gasteiger partial charge in [0.1, 0.15) is 11.9 Å². The molecular weight excluding hydrogens is 414 g/mol. The Balaban J connectivity index is 1.24. The molecule has 4 rings (SSSR count). The molecule has 3 heterocycles. The number of pyridine rings is 1. The van der Waals surface area contributed by atoms with E-state index < -0.39 is 12.0 Å². The van der Waals surface area contributed by atoms with Crippen molar-refractivity contribution in [3.8, 4) is 0 Å². The molecule has 33 heavy (non-hydrogen) atoms. The van der Waals surface area contributed by atoms with Gasteiger partial charge in [-0.2, -0.15) is 0 Å². The van der Waals surface area contributed by atoms with E-state index in [1.807, 2.05) is 24.3 Å². The normalized spacial score (nSPS) is 19.3. The highest BCUT2D eigenvalue weighted by Crippen LogP contribution is 2.32. The molecule has 1 fully saturated rings. The fourth-order valence-electron chi connectivity index (χ4n) is 5.06. The van der Waals surface area contributed by atoms with E-state index >= 15 is 0 Å². The van der Waals surface area contributed by atoms with Crippen LogP contribution in [-0.4, -0.2) is 53.3 Å². The number of aromatic nitrogens is 1. The van der Waals surface area contributed by atoms with Gasteiger partial charge in [0.25, 0.3) is 0 Å². The van der Waals surface area contributed by atoms with Crippen molar-refractivity contribution in [2.75, 3.05) is 31.6 Å². The number of fused-ring (bicyclic) bond motifs is 1. The summed E-state index contributed by atoms with van der Waals surface area (Å²) in [5.41, 5.74) is 4.49. The summed E-state index contributed by atoms with van der Waals surface area (Å²) in [5, 5.41) is 13.4. The van der Waals surface area contributed by atoms with E-state index in [2.05, 4.69) is 36.2 Å². The van der Waals surface area contributed by atoms with Crippen LogP contribution in [0.3, 0.4) is 0 Å². The van der Waals surface area contributed by atoms with Gasteiger partial charge in [-0.3, -0.25) is 9.69 Å². The number of carboxylic acids is 1. The lowest BCUT2D eigenvalue weighted by Crippen LogP contribution is -2.34. The van der Waals surface area contributed by atoms with E-state index in [-0.39, 0.29) is 12.0 Å². The maximum atomic E-state index is 12.2. The summed E-state index contributed by atoms with van der Waals surface area (Å²) in [6, 6.07) is 11.7. The van der Waals surface area contributed by atoms with Gasteiger partial charge in [-0.25, -0.2) is 4.98 Å². The highest BCUT2D eigenvalue weighted by Gasteiger charge is 2.35. The predicted molar refractivity (Wildman–Crippen MR) is 131 cm³/mol. The molecule has 6 nitrogen and oxygen atoms in total. The second kappa shape index (κ2) is 11.1. The number of hydrogen-bond acceptors (Lipinski definition) is 5. The van der Waals surface area contributed by atoms with Crippen LogP contribution >= 0.6 is 0 Å². The van der Waals surface area contributed by atoms with Crippen LogP contribution in [-0.2, 0) is 22.4 Å². The minimum Gasteiger partial charge on any atom is -0.480 e. The molecule has 1 aromatic heterocycles. The number of nitrogens with zero attached hydrogens (tertiary/aromatic N) is 2. The van der Waals surface area contributed by atoms with Crippen molar-refractivity contribution in [2.24, 2.45) is 0 Å². The number of carbonyl (C=O) groups is 1. The van der Waals surface area contributed by atoms with E-state index in [4.69, 9.17) is 9.72 Å². The smallest absolute Gasteiger partial charge is 0.325 e. The maximum Gasteiger partial charge on any atom is 0.325 e. The van der Waals surface area contributed by atoms with Crippen molar-refractivity contribution < 1.29 is 14.6 Å². The van der Waals surface area contributed by atoms with Gasteiger partial charge in [0.15, 0.2) is 0 Å². The summed E-state index contributed by atoms with van der Waals surface area (Å²) >= 11 is 0.